The number of hydrogen-bond donors (Lipinski definition) is 2. The van der Waals surface area contributed by atoms with Crippen molar-refractivity contribution in [3.8, 4) is 5.75 Å². The SMILES string of the molecule is CCOc1ccc(Nc2ncc(Br)cn2)cc1CN. The molecule has 0 saturated carbocycles. The van der Waals surface area contributed by atoms with Crippen LogP contribution in [-0.2, 0) is 6.54 Å². The van der Waals surface area contributed by atoms with Gasteiger partial charge >= 0.3 is 0 Å². The average Bonchev–Trinajstić information content (AvgIpc) is 2.43. The molecule has 19 heavy (non-hydrogen) atoms. The van der Waals surface area contributed by atoms with E-state index in [1.807, 2.05) is 25.1 Å². The molecule has 0 amide bonds. The summed E-state index contributed by atoms with van der Waals surface area (Å²) < 4.78 is 6.34. The predicted molar refractivity (Wildman–Crippen MR) is 78.5 cm³/mol. The number of halogens is 1. The second-order valence-electron chi connectivity index (χ2n) is 3.81. The van der Waals surface area contributed by atoms with Gasteiger partial charge in [0, 0.05) is 30.2 Å². The number of ether oxygens (including phenoxy) is 1. The van der Waals surface area contributed by atoms with Crippen LogP contribution in [0.3, 0.4) is 0 Å². The van der Waals surface area contributed by atoms with Crippen LogP contribution in [-0.4, -0.2) is 16.6 Å². The highest BCUT2D eigenvalue weighted by atomic mass is 79.9. The van der Waals surface area contributed by atoms with Crippen molar-refractivity contribution >= 4 is 27.6 Å². The lowest BCUT2D eigenvalue weighted by Gasteiger charge is -2.11. The van der Waals surface area contributed by atoms with Crippen molar-refractivity contribution in [1.82, 2.24) is 9.97 Å². The molecule has 6 heteroatoms. The van der Waals surface area contributed by atoms with Crippen LogP contribution in [0.5, 0.6) is 5.75 Å². The maximum absolute atomic E-state index is 5.72. The van der Waals surface area contributed by atoms with Gasteiger partial charge in [0.15, 0.2) is 0 Å². The van der Waals surface area contributed by atoms with Gasteiger partial charge < -0.3 is 15.8 Å². The van der Waals surface area contributed by atoms with E-state index in [9.17, 15) is 0 Å². The third-order valence-electron chi connectivity index (χ3n) is 2.46. The summed E-state index contributed by atoms with van der Waals surface area (Å²) in [5.74, 6) is 1.35. The van der Waals surface area contributed by atoms with E-state index in [1.54, 1.807) is 12.4 Å². The number of benzene rings is 1. The van der Waals surface area contributed by atoms with Crippen LogP contribution in [0.4, 0.5) is 11.6 Å². The monoisotopic (exact) mass is 322 g/mol. The van der Waals surface area contributed by atoms with Crippen molar-refractivity contribution in [2.24, 2.45) is 5.73 Å². The molecule has 0 unspecified atom stereocenters. The van der Waals surface area contributed by atoms with Crippen molar-refractivity contribution in [1.29, 1.82) is 0 Å². The van der Waals surface area contributed by atoms with Gasteiger partial charge in [-0.05, 0) is 41.1 Å². The Hall–Kier alpha value is -1.66. The number of hydrogen-bond acceptors (Lipinski definition) is 5. The molecule has 1 heterocycles. The molecule has 0 bridgehead atoms. The first-order chi connectivity index (χ1) is 9.22. The van der Waals surface area contributed by atoms with E-state index in [0.717, 1.165) is 21.5 Å². The Labute approximate surface area is 120 Å². The van der Waals surface area contributed by atoms with E-state index in [1.165, 1.54) is 0 Å². The molecule has 1 aromatic heterocycles. The van der Waals surface area contributed by atoms with Crippen LogP contribution in [0.25, 0.3) is 0 Å². The number of anilines is 2. The molecule has 0 spiro atoms. The van der Waals surface area contributed by atoms with E-state index in [-0.39, 0.29) is 0 Å². The van der Waals surface area contributed by atoms with Gasteiger partial charge in [-0.25, -0.2) is 9.97 Å². The molecular weight excluding hydrogens is 308 g/mol. The first-order valence-electron chi connectivity index (χ1n) is 5.93. The predicted octanol–water partition coefficient (Wildman–Crippen LogP) is 2.84. The van der Waals surface area contributed by atoms with E-state index in [2.05, 4.69) is 31.2 Å². The Kier molecular flexibility index (Phi) is 4.70. The molecule has 0 aliphatic carbocycles. The molecule has 0 fully saturated rings. The number of nitrogens with one attached hydrogen (secondary N) is 1. The second kappa shape index (κ2) is 6.49. The smallest absolute Gasteiger partial charge is 0.227 e. The van der Waals surface area contributed by atoms with E-state index in [4.69, 9.17) is 10.5 Å². The van der Waals surface area contributed by atoms with Crippen molar-refractivity contribution in [3.63, 3.8) is 0 Å². The number of nitrogens with two attached hydrogens (primary N) is 1. The van der Waals surface area contributed by atoms with Crippen molar-refractivity contribution in [2.75, 3.05) is 11.9 Å². The zero-order valence-corrected chi connectivity index (χ0v) is 12.1. The lowest BCUT2D eigenvalue weighted by atomic mass is 10.2. The summed E-state index contributed by atoms with van der Waals surface area (Å²) in [6.45, 7) is 2.99. The third-order valence-corrected chi connectivity index (χ3v) is 2.87. The topological polar surface area (TPSA) is 73.1 Å². The largest absolute Gasteiger partial charge is 0.494 e. The second-order valence-corrected chi connectivity index (χ2v) is 4.73. The first-order valence-corrected chi connectivity index (χ1v) is 6.72. The van der Waals surface area contributed by atoms with Gasteiger partial charge in [-0.3, -0.25) is 0 Å². The first kappa shape index (κ1) is 13.8. The van der Waals surface area contributed by atoms with Gasteiger partial charge in [-0.1, -0.05) is 0 Å². The summed E-state index contributed by atoms with van der Waals surface area (Å²) in [6.07, 6.45) is 3.38. The Morgan fingerprint density at radius 1 is 1.32 bits per heavy atom. The minimum atomic E-state index is 0.423. The molecule has 2 aromatic rings. The number of rotatable bonds is 5. The van der Waals surface area contributed by atoms with Gasteiger partial charge in [-0.15, -0.1) is 0 Å². The van der Waals surface area contributed by atoms with Crippen LogP contribution in [0, 0.1) is 0 Å². The number of aromatic nitrogens is 2. The van der Waals surface area contributed by atoms with Crippen LogP contribution in [0.1, 0.15) is 12.5 Å². The lowest BCUT2D eigenvalue weighted by Crippen LogP contribution is -2.03. The summed E-state index contributed by atoms with van der Waals surface area (Å²) in [6, 6.07) is 5.75. The van der Waals surface area contributed by atoms with Gasteiger partial charge in [0.2, 0.25) is 5.95 Å². The highest BCUT2D eigenvalue weighted by Crippen LogP contribution is 2.24. The quantitative estimate of drug-likeness (QED) is 0.885. The minimum absolute atomic E-state index is 0.423. The molecular formula is C13H15BrN4O. The maximum atomic E-state index is 5.72. The fraction of sp³-hybridized carbons (Fsp3) is 0.231. The molecule has 0 radical (unpaired) electrons. The van der Waals surface area contributed by atoms with Crippen LogP contribution in [0.2, 0.25) is 0 Å². The molecule has 0 aliphatic rings. The third kappa shape index (κ3) is 3.65. The molecule has 3 N–H and O–H groups in total. The fourth-order valence-electron chi connectivity index (χ4n) is 1.62. The fourth-order valence-corrected chi connectivity index (χ4v) is 1.82. The summed E-state index contributed by atoms with van der Waals surface area (Å²) in [4.78, 5) is 8.31. The highest BCUT2D eigenvalue weighted by Gasteiger charge is 2.04. The normalized spacial score (nSPS) is 10.3. The van der Waals surface area contributed by atoms with Crippen LogP contribution < -0.4 is 15.8 Å². The summed E-state index contributed by atoms with van der Waals surface area (Å²) in [5, 5.41) is 3.12. The Balaban J connectivity index is 2.18. The molecule has 1 aromatic carbocycles. The molecule has 0 saturated heterocycles. The van der Waals surface area contributed by atoms with Crippen molar-refractivity contribution < 1.29 is 4.74 Å². The van der Waals surface area contributed by atoms with E-state index < -0.39 is 0 Å². The molecule has 5 nitrogen and oxygen atoms in total. The Morgan fingerprint density at radius 3 is 2.68 bits per heavy atom. The van der Waals surface area contributed by atoms with Gasteiger partial charge in [0.05, 0.1) is 11.1 Å². The van der Waals surface area contributed by atoms with Crippen molar-refractivity contribution in [3.05, 3.63) is 40.6 Å². The average molecular weight is 323 g/mol. The summed E-state index contributed by atoms with van der Waals surface area (Å²) in [5.41, 5.74) is 7.55. The van der Waals surface area contributed by atoms with Crippen molar-refractivity contribution in [2.45, 2.75) is 13.5 Å². The van der Waals surface area contributed by atoms with E-state index >= 15 is 0 Å². The minimum Gasteiger partial charge on any atom is -0.494 e. The standard InChI is InChI=1S/C13H15BrN4O/c1-2-19-12-4-3-11(5-9(12)6-15)18-13-16-7-10(14)8-17-13/h3-5,7-8H,2,6,15H2,1H3,(H,16,17,18). The highest BCUT2D eigenvalue weighted by molar-refractivity contribution is 9.10. The Morgan fingerprint density at radius 2 is 2.05 bits per heavy atom. The van der Waals surface area contributed by atoms with Gasteiger partial charge in [0.25, 0.3) is 0 Å². The van der Waals surface area contributed by atoms with E-state index in [0.29, 0.717) is 19.1 Å². The van der Waals surface area contributed by atoms with Crippen LogP contribution >= 0.6 is 15.9 Å². The van der Waals surface area contributed by atoms with Gasteiger partial charge in [-0.2, -0.15) is 0 Å². The molecule has 2 rings (SSSR count). The zero-order chi connectivity index (χ0) is 13.7. The maximum Gasteiger partial charge on any atom is 0.227 e. The molecule has 0 aliphatic heterocycles. The Bertz CT molecular complexity index is 545. The summed E-state index contributed by atoms with van der Waals surface area (Å²) >= 11 is 3.29. The number of nitrogens with zero attached hydrogens (tertiary/aromatic N) is 2. The zero-order valence-electron chi connectivity index (χ0n) is 10.6. The summed E-state index contributed by atoms with van der Waals surface area (Å²) in [7, 11) is 0. The molecule has 100 valence electrons. The lowest BCUT2D eigenvalue weighted by molar-refractivity contribution is 0.336. The van der Waals surface area contributed by atoms with Crippen LogP contribution in [0.15, 0.2) is 35.1 Å². The van der Waals surface area contributed by atoms with Gasteiger partial charge in [0.1, 0.15) is 5.75 Å². The molecule has 0 atom stereocenters.